The highest BCUT2D eigenvalue weighted by Crippen LogP contribution is 2.32. The molecule has 20 heavy (non-hydrogen) atoms. The van der Waals surface area contributed by atoms with E-state index >= 15 is 0 Å². The maximum atomic E-state index is 6.11. The predicted molar refractivity (Wildman–Crippen MR) is 79.1 cm³/mol. The Morgan fingerprint density at radius 2 is 1.65 bits per heavy atom. The molecule has 100 valence electrons. The molecule has 0 fully saturated rings. The first kappa shape index (κ1) is 11.6. The van der Waals surface area contributed by atoms with Crippen LogP contribution in [-0.2, 0) is 6.42 Å². The summed E-state index contributed by atoms with van der Waals surface area (Å²) >= 11 is 0. The van der Waals surface area contributed by atoms with Gasteiger partial charge < -0.3 is 9.47 Å². The number of hydrogen-bond donors (Lipinski definition) is 0. The predicted octanol–water partition coefficient (Wildman–Crippen LogP) is 3.85. The van der Waals surface area contributed by atoms with Gasteiger partial charge in [0, 0.05) is 5.56 Å². The molecule has 0 saturated carbocycles. The molecule has 2 heteroatoms. The molecular weight excluding hydrogens is 248 g/mol. The lowest BCUT2D eigenvalue weighted by Crippen LogP contribution is -2.38. The number of para-hydroxylation sites is 2. The normalized spacial score (nSPS) is 23.2. The van der Waals surface area contributed by atoms with Gasteiger partial charge in [-0.05, 0) is 36.6 Å². The Labute approximate surface area is 118 Å². The van der Waals surface area contributed by atoms with Gasteiger partial charge in [-0.3, -0.25) is 0 Å². The highest BCUT2D eigenvalue weighted by Gasteiger charge is 2.29. The van der Waals surface area contributed by atoms with Crippen LogP contribution in [0.3, 0.4) is 0 Å². The smallest absolute Gasteiger partial charge is 0.154 e. The van der Waals surface area contributed by atoms with Crippen LogP contribution in [0.25, 0.3) is 6.08 Å². The van der Waals surface area contributed by atoms with Gasteiger partial charge in [0.1, 0.15) is 17.6 Å². The van der Waals surface area contributed by atoms with Crippen molar-refractivity contribution in [2.75, 3.05) is 0 Å². The minimum atomic E-state index is -0.00161. The van der Waals surface area contributed by atoms with Gasteiger partial charge in [0.2, 0.25) is 0 Å². The fraction of sp³-hybridized carbons (Fsp3) is 0.222. The molecule has 0 aliphatic carbocycles. The van der Waals surface area contributed by atoms with Crippen molar-refractivity contribution in [3.63, 3.8) is 0 Å². The van der Waals surface area contributed by atoms with E-state index in [2.05, 4.69) is 30.4 Å². The maximum Gasteiger partial charge on any atom is 0.154 e. The first-order valence-electron chi connectivity index (χ1n) is 7.08. The lowest BCUT2D eigenvalue weighted by molar-refractivity contribution is 0.0663. The van der Waals surface area contributed by atoms with Crippen LogP contribution in [0.15, 0.2) is 54.6 Å². The Morgan fingerprint density at radius 3 is 2.60 bits per heavy atom. The van der Waals surface area contributed by atoms with Crippen LogP contribution in [0.1, 0.15) is 17.5 Å². The average Bonchev–Trinajstić information content (AvgIpc) is 2.54. The van der Waals surface area contributed by atoms with Gasteiger partial charge in [0.05, 0.1) is 0 Å². The molecule has 0 radical (unpaired) electrons. The zero-order chi connectivity index (χ0) is 13.4. The standard InChI is InChI=1S/C18H16O2/c1-3-7-15-13(5-1)9-11-17(19-15)18-12-10-14-6-2-4-8-16(14)20-18/h1-9,11,17-18H,10,12H2. The number of rotatable bonds is 1. The van der Waals surface area contributed by atoms with E-state index in [9.17, 15) is 0 Å². The Bertz CT molecular complexity index is 660. The monoisotopic (exact) mass is 264 g/mol. The third-order valence-electron chi connectivity index (χ3n) is 3.96. The molecule has 2 aromatic rings. The van der Waals surface area contributed by atoms with Crippen molar-refractivity contribution in [1.29, 1.82) is 0 Å². The van der Waals surface area contributed by atoms with Crippen molar-refractivity contribution in [2.45, 2.75) is 25.0 Å². The van der Waals surface area contributed by atoms with Crippen LogP contribution in [0.5, 0.6) is 11.5 Å². The summed E-state index contributed by atoms with van der Waals surface area (Å²) in [6.07, 6.45) is 6.38. The van der Waals surface area contributed by atoms with Gasteiger partial charge >= 0.3 is 0 Å². The third-order valence-corrected chi connectivity index (χ3v) is 3.96. The van der Waals surface area contributed by atoms with Crippen LogP contribution in [0, 0.1) is 0 Å². The fourth-order valence-electron chi connectivity index (χ4n) is 2.89. The number of aryl methyl sites for hydroxylation is 1. The van der Waals surface area contributed by atoms with Crippen molar-refractivity contribution in [2.24, 2.45) is 0 Å². The molecule has 0 bridgehead atoms. The fourth-order valence-corrected chi connectivity index (χ4v) is 2.89. The van der Waals surface area contributed by atoms with Crippen molar-refractivity contribution < 1.29 is 9.47 Å². The van der Waals surface area contributed by atoms with E-state index < -0.39 is 0 Å². The molecule has 0 amide bonds. The lowest BCUT2D eigenvalue weighted by Gasteiger charge is -2.32. The molecule has 0 N–H and O–H groups in total. The summed E-state index contributed by atoms with van der Waals surface area (Å²) in [4.78, 5) is 0. The SMILES string of the molecule is C1=CC(C2CCc3ccccc3O2)Oc2ccccc21. The van der Waals surface area contributed by atoms with Gasteiger partial charge in [-0.15, -0.1) is 0 Å². The summed E-state index contributed by atoms with van der Waals surface area (Å²) in [5, 5.41) is 0. The summed E-state index contributed by atoms with van der Waals surface area (Å²) in [7, 11) is 0. The Morgan fingerprint density at radius 1 is 0.850 bits per heavy atom. The van der Waals surface area contributed by atoms with Gasteiger partial charge in [-0.1, -0.05) is 42.5 Å². The Hall–Kier alpha value is -2.22. The van der Waals surface area contributed by atoms with Gasteiger partial charge in [0.25, 0.3) is 0 Å². The van der Waals surface area contributed by atoms with E-state index in [-0.39, 0.29) is 12.2 Å². The van der Waals surface area contributed by atoms with E-state index in [4.69, 9.17) is 9.47 Å². The van der Waals surface area contributed by atoms with Crippen molar-refractivity contribution in [3.8, 4) is 11.5 Å². The quantitative estimate of drug-likeness (QED) is 0.778. The zero-order valence-corrected chi connectivity index (χ0v) is 11.2. The van der Waals surface area contributed by atoms with Gasteiger partial charge in [-0.2, -0.15) is 0 Å². The molecule has 2 heterocycles. The minimum absolute atomic E-state index is 0.00161. The summed E-state index contributed by atoms with van der Waals surface area (Å²) in [6, 6.07) is 16.4. The van der Waals surface area contributed by atoms with Crippen LogP contribution in [-0.4, -0.2) is 12.2 Å². The second-order valence-corrected chi connectivity index (χ2v) is 5.28. The summed E-state index contributed by atoms with van der Waals surface area (Å²) in [6.45, 7) is 0. The van der Waals surface area contributed by atoms with Crippen LogP contribution in [0.2, 0.25) is 0 Å². The van der Waals surface area contributed by atoms with Gasteiger partial charge in [-0.25, -0.2) is 0 Å². The third kappa shape index (κ3) is 1.97. The average molecular weight is 264 g/mol. The second-order valence-electron chi connectivity index (χ2n) is 5.28. The van der Waals surface area contributed by atoms with Crippen LogP contribution >= 0.6 is 0 Å². The molecule has 4 rings (SSSR count). The largest absolute Gasteiger partial charge is 0.486 e. The molecule has 2 atom stereocenters. The van der Waals surface area contributed by atoms with E-state index in [1.807, 2.05) is 30.3 Å². The molecular formula is C18H16O2. The van der Waals surface area contributed by atoms with E-state index in [0.29, 0.717) is 0 Å². The molecule has 2 aromatic carbocycles. The minimum Gasteiger partial charge on any atom is -0.486 e. The molecule has 0 aromatic heterocycles. The van der Waals surface area contributed by atoms with Gasteiger partial charge in [0.15, 0.2) is 6.10 Å². The van der Waals surface area contributed by atoms with E-state index in [1.165, 1.54) is 5.56 Å². The molecule has 2 aliphatic heterocycles. The molecule has 2 aliphatic rings. The Kier molecular flexibility index (Phi) is 2.73. The van der Waals surface area contributed by atoms with E-state index in [0.717, 1.165) is 29.9 Å². The van der Waals surface area contributed by atoms with Crippen molar-refractivity contribution in [3.05, 3.63) is 65.7 Å². The molecule has 2 nitrogen and oxygen atoms in total. The number of benzene rings is 2. The lowest BCUT2D eigenvalue weighted by atomic mass is 9.97. The molecule has 2 unspecified atom stereocenters. The highest BCUT2D eigenvalue weighted by atomic mass is 16.5. The van der Waals surface area contributed by atoms with Crippen molar-refractivity contribution >= 4 is 6.08 Å². The Balaban J connectivity index is 1.57. The topological polar surface area (TPSA) is 18.5 Å². The zero-order valence-electron chi connectivity index (χ0n) is 11.2. The first-order chi connectivity index (χ1) is 9.90. The highest BCUT2D eigenvalue weighted by molar-refractivity contribution is 5.60. The second kappa shape index (κ2) is 4.71. The summed E-state index contributed by atoms with van der Waals surface area (Å²) in [5.74, 6) is 1.95. The maximum absolute atomic E-state index is 6.11. The van der Waals surface area contributed by atoms with Crippen molar-refractivity contribution in [1.82, 2.24) is 0 Å². The van der Waals surface area contributed by atoms with Crippen LogP contribution < -0.4 is 9.47 Å². The summed E-state index contributed by atoms with van der Waals surface area (Å²) in [5.41, 5.74) is 2.43. The number of fused-ring (bicyclic) bond motifs is 2. The van der Waals surface area contributed by atoms with E-state index in [1.54, 1.807) is 0 Å². The molecule has 0 spiro atoms. The molecule has 0 saturated heterocycles. The summed E-state index contributed by atoms with van der Waals surface area (Å²) < 4.78 is 12.2. The first-order valence-corrected chi connectivity index (χ1v) is 7.08. The van der Waals surface area contributed by atoms with Crippen LogP contribution in [0.4, 0.5) is 0 Å². The number of hydrogen-bond acceptors (Lipinski definition) is 2. The number of ether oxygens (including phenoxy) is 2.